The lowest BCUT2D eigenvalue weighted by Gasteiger charge is -2.01. The van der Waals surface area contributed by atoms with E-state index in [0.29, 0.717) is 0 Å². The predicted molar refractivity (Wildman–Crippen MR) is 157 cm³/mol. The highest BCUT2D eigenvalue weighted by Gasteiger charge is 2.12. The van der Waals surface area contributed by atoms with Gasteiger partial charge in [-0.1, -0.05) is 48.5 Å². The third-order valence-corrected chi connectivity index (χ3v) is 10.6. The first kappa shape index (κ1) is 23.1. The Kier molecular flexibility index (Phi) is 5.78. The summed E-state index contributed by atoms with van der Waals surface area (Å²) in [4.78, 5) is 0. The lowest BCUT2D eigenvalue weighted by atomic mass is 10.0. The average Bonchev–Trinajstić information content (AvgIpc) is 3.39. The van der Waals surface area contributed by atoms with E-state index in [-0.39, 0.29) is 0 Å². The third-order valence-electron chi connectivity index (χ3n) is 7.70. The molecular formula is C32H32S2. The number of hydrogen-bond donors (Lipinski definition) is 0. The molecule has 4 aromatic carbocycles. The molecule has 0 aliphatic carbocycles. The smallest absolute Gasteiger partial charge is 0.0387 e. The lowest BCUT2D eigenvalue weighted by molar-refractivity contribution is 1.39. The largest absolute Gasteiger partial charge is 0.135 e. The van der Waals surface area contributed by atoms with Crippen LogP contribution in [0.25, 0.3) is 40.3 Å². The van der Waals surface area contributed by atoms with Gasteiger partial charge >= 0.3 is 0 Å². The van der Waals surface area contributed by atoms with Gasteiger partial charge in [-0.3, -0.25) is 0 Å². The molecule has 0 atom stereocenters. The molecule has 0 radical (unpaired) electrons. The molecule has 6 rings (SSSR count). The number of rotatable bonds is 0. The number of fused-ring (bicyclic) bond motifs is 6. The lowest BCUT2D eigenvalue weighted by Crippen LogP contribution is -1.80. The molecule has 0 saturated heterocycles. The Morgan fingerprint density at radius 2 is 0.529 bits per heavy atom. The van der Waals surface area contributed by atoms with Crippen molar-refractivity contribution >= 4 is 63.0 Å². The van der Waals surface area contributed by atoms with E-state index >= 15 is 0 Å². The maximum Gasteiger partial charge on any atom is 0.0387 e. The third kappa shape index (κ3) is 3.56. The molecule has 6 aromatic rings. The van der Waals surface area contributed by atoms with Crippen molar-refractivity contribution in [3.8, 4) is 0 Å². The highest BCUT2D eigenvalue weighted by molar-refractivity contribution is 7.26. The van der Waals surface area contributed by atoms with Crippen molar-refractivity contribution in [2.45, 2.75) is 55.4 Å². The van der Waals surface area contributed by atoms with Gasteiger partial charge in [0, 0.05) is 40.3 Å². The zero-order valence-corrected chi connectivity index (χ0v) is 23.1. The van der Waals surface area contributed by atoms with Crippen LogP contribution in [0.2, 0.25) is 0 Å². The van der Waals surface area contributed by atoms with Crippen LogP contribution in [0.4, 0.5) is 0 Å². The van der Waals surface area contributed by atoms with Gasteiger partial charge in [0.15, 0.2) is 0 Å². The van der Waals surface area contributed by atoms with Crippen molar-refractivity contribution in [1.29, 1.82) is 0 Å². The molecule has 2 heteroatoms. The summed E-state index contributed by atoms with van der Waals surface area (Å²) in [5.74, 6) is 0. The first-order chi connectivity index (χ1) is 16.2. The zero-order valence-electron chi connectivity index (χ0n) is 21.4. The molecule has 0 N–H and O–H groups in total. The Bertz CT molecular complexity index is 1470. The fourth-order valence-electron chi connectivity index (χ4n) is 4.74. The number of hydrogen-bond acceptors (Lipinski definition) is 2. The van der Waals surface area contributed by atoms with Crippen LogP contribution >= 0.6 is 22.7 Å². The van der Waals surface area contributed by atoms with Gasteiger partial charge in [-0.25, -0.2) is 0 Å². The maximum absolute atomic E-state index is 2.27. The Morgan fingerprint density at radius 1 is 0.324 bits per heavy atom. The molecule has 2 aromatic heterocycles. The van der Waals surface area contributed by atoms with E-state index < -0.39 is 0 Å². The van der Waals surface area contributed by atoms with Crippen molar-refractivity contribution in [2.24, 2.45) is 0 Å². The van der Waals surface area contributed by atoms with Crippen molar-refractivity contribution in [3.05, 3.63) is 93.0 Å². The highest BCUT2D eigenvalue weighted by Crippen LogP contribution is 2.40. The molecular weight excluding hydrogens is 448 g/mol. The quantitative estimate of drug-likeness (QED) is 0.203. The molecule has 0 unspecified atom stereocenters. The van der Waals surface area contributed by atoms with E-state index in [1.807, 2.05) is 22.7 Å². The number of aryl methyl sites for hydroxylation is 8. The second kappa shape index (κ2) is 8.52. The van der Waals surface area contributed by atoms with Gasteiger partial charge < -0.3 is 0 Å². The topological polar surface area (TPSA) is 0 Å². The summed E-state index contributed by atoms with van der Waals surface area (Å²) in [6.07, 6.45) is 0. The van der Waals surface area contributed by atoms with Gasteiger partial charge in [0.1, 0.15) is 0 Å². The van der Waals surface area contributed by atoms with E-state index in [1.165, 1.54) is 84.9 Å². The average molecular weight is 481 g/mol. The van der Waals surface area contributed by atoms with Gasteiger partial charge in [0.05, 0.1) is 0 Å². The van der Waals surface area contributed by atoms with Crippen LogP contribution in [0.1, 0.15) is 44.5 Å². The molecule has 0 amide bonds. The van der Waals surface area contributed by atoms with Gasteiger partial charge in [-0.05, 0) is 99.9 Å². The summed E-state index contributed by atoms with van der Waals surface area (Å²) in [6.45, 7) is 17.7. The minimum atomic E-state index is 1.39. The first-order valence-corrected chi connectivity index (χ1v) is 13.6. The van der Waals surface area contributed by atoms with E-state index in [0.717, 1.165) is 0 Å². The predicted octanol–water partition coefficient (Wildman–Crippen LogP) is 10.6. The second-order valence-electron chi connectivity index (χ2n) is 9.74. The molecule has 34 heavy (non-hydrogen) atoms. The van der Waals surface area contributed by atoms with E-state index in [4.69, 9.17) is 0 Å². The summed E-state index contributed by atoms with van der Waals surface area (Å²) < 4.78 is 5.81. The van der Waals surface area contributed by atoms with Crippen LogP contribution in [-0.4, -0.2) is 0 Å². The molecule has 2 heterocycles. The molecule has 0 spiro atoms. The fraction of sp³-hybridized carbons (Fsp3) is 0.250. The minimum Gasteiger partial charge on any atom is -0.135 e. The summed E-state index contributed by atoms with van der Waals surface area (Å²) in [5, 5.41) is 5.65. The summed E-state index contributed by atoms with van der Waals surface area (Å²) in [5.41, 5.74) is 11.3. The molecule has 0 saturated carbocycles. The Labute approximate surface area is 210 Å². The second-order valence-corrected chi connectivity index (χ2v) is 11.8. The van der Waals surface area contributed by atoms with Crippen molar-refractivity contribution in [1.82, 2.24) is 0 Å². The minimum absolute atomic E-state index is 1.39. The van der Waals surface area contributed by atoms with E-state index in [9.17, 15) is 0 Å². The maximum atomic E-state index is 2.27. The van der Waals surface area contributed by atoms with Crippen LogP contribution in [-0.2, 0) is 0 Å². The highest BCUT2D eigenvalue weighted by atomic mass is 32.1. The van der Waals surface area contributed by atoms with Gasteiger partial charge in [0.2, 0.25) is 0 Å². The summed E-state index contributed by atoms with van der Waals surface area (Å²) in [7, 11) is 0. The Hall–Kier alpha value is -2.68. The summed E-state index contributed by atoms with van der Waals surface area (Å²) >= 11 is 3.89. The number of thiophene rings is 2. The molecule has 0 bridgehead atoms. The SMILES string of the molecule is Cc1ccc2c(sc3c(C)c(C)ccc32)c1C.Cc1ccc2c(sc3c(C)c(C)ccc32)c1C. The van der Waals surface area contributed by atoms with Crippen LogP contribution < -0.4 is 0 Å². The normalized spacial score (nSPS) is 11.5. The van der Waals surface area contributed by atoms with Crippen molar-refractivity contribution in [2.75, 3.05) is 0 Å². The molecule has 0 nitrogen and oxygen atoms in total. The molecule has 0 aliphatic heterocycles. The molecule has 172 valence electrons. The Morgan fingerprint density at radius 3 is 0.735 bits per heavy atom. The van der Waals surface area contributed by atoms with Crippen LogP contribution in [0.5, 0.6) is 0 Å². The summed E-state index contributed by atoms with van der Waals surface area (Å²) in [6, 6.07) is 18.0. The molecule has 0 fully saturated rings. The zero-order chi connectivity index (χ0) is 24.3. The van der Waals surface area contributed by atoms with Crippen LogP contribution in [0.3, 0.4) is 0 Å². The van der Waals surface area contributed by atoms with Crippen LogP contribution in [0, 0.1) is 55.4 Å². The number of benzene rings is 4. The molecule has 0 aliphatic rings. The first-order valence-electron chi connectivity index (χ1n) is 12.0. The Balaban J connectivity index is 0.000000142. The van der Waals surface area contributed by atoms with Gasteiger partial charge in [0.25, 0.3) is 0 Å². The van der Waals surface area contributed by atoms with Gasteiger partial charge in [-0.2, -0.15) is 0 Å². The fourth-order valence-corrected chi connectivity index (χ4v) is 7.56. The standard InChI is InChI=1S/2C16H16S/c2*1-9-5-7-13-14-8-6-10(2)12(4)16(14)17-15(13)11(9)3/h2*5-8H,1-4H3. The van der Waals surface area contributed by atoms with E-state index in [2.05, 4.69) is 104 Å². The van der Waals surface area contributed by atoms with Gasteiger partial charge in [-0.15, -0.1) is 22.7 Å². The van der Waals surface area contributed by atoms with Crippen LogP contribution in [0.15, 0.2) is 48.5 Å². The van der Waals surface area contributed by atoms with Crippen molar-refractivity contribution in [3.63, 3.8) is 0 Å². The monoisotopic (exact) mass is 480 g/mol. The van der Waals surface area contributed by atoms with E-state index in [1.54, 1.807) is 0 Å². The van der Waals surface area contributed by atoms with Crippen molar-refractivity contribution < 1.29 is 0 Å².